The van der Waals surface area contributed by atoms with Gasteiger partial charge in [-0.2, -0.15) is 0 Å². The van der Waals surface area contributed by atoms with E-state index in [9.17, 15) is 9.59 Å². The maximum Gasteiger partial charge on any atom is 0.325 e. The first-order chi connectivity index (χ1) is 9.49. The highest BCUT2D eigenvalue weighted by Gasteiger charge is 2.19. The van der Waals surface area contributed by atoms with E-state index in [0.29, 0.717) is 11.5 Å². The number of ether oxygens (including phenoxy) is 2. The summed E-state index contributed by atoms with van der Waals surface area (Å²) in [6.07, 6.45) is 1.54. The van der Waals surface area contributed by atoms with Crippen LogP contribution in [0.15, 0.2) is 30.9 Å². The van der Waals surface area contributed by atoms with Gasteiger partial charge in [-0.3, -0.25) is 9.59 Å². The van der Waals surface area contributed by atoms with Gasteiger partial charge in [0.05, 0.1) is 12.7 Å². The number of nitrogens with one attached hydrogen (secondary N) is 1. The van der Waals surface area contributed by atoms with Gasteiger partial charge in [0.15, 0.2) is 0 Å². The molecule has 0 bridgehead atoms. The number of carbonyl (C=O) groups excluding carboxylic acids is 1. The number of carboxylic acids is 1. The highest BCUT2D eigenvalue weighted by molar-refractivity contribution is 5.99. The fourth-order valence-electron chi connectivity index (χ4n) is 1.42. The molecule has 1 rings (SSSR count). The summed E-state index contributed by atoms with van der Waals surface area (Å²) in [6.45, 7) is 5.14. The molecule has 20 heavy (non-hydrogen) atoms. The van der Waals surface area contributed by atoms with Crippen LogP contribution in [0.2, 0.25) is 0 Å². The lowest BCUT2D eigenvalue weighted by molar-refractivity contribution is -0.138. The molecule has 1 aromatic carbocycles. The van der Waals surface area contributed by atoms with E-state index in [2.05, 4.69) is 11.9 Å². The lowest BCUT2D eigenvalue weighted by Gasteiger charge is -2.13. The summed E-state index contributed by atoms with van der Waals surface area (Å²) in [5.41, 5.74) is 0.237. The Hall–Kier alpha value is -2.50. The lowest BCUT2D eigenvalue weighted by atomic mass is 10.1. The molecule has 1 atom stereocenters. The first kappa shape index (κ1) is 15.6. The van der Waals surface area contributed by atoms with Gasteiger partial charge in [-0.05, 0) is 19.1 Å². The van der Waals surface area contributed by atoms with E-state index < -0.39 is 17.9 Å². The third-order valence-electron chi connectivity index (χ3n) is 2.51. The van der Waals surface area contributed by atoms with Crippen molar-refractivity contribution in [1.82, 2.24) is 5.32 Å². The molecule has 0 fully saturated rings. The molecule has 0 aliphatic carbocycles. The third-order valence-corrected chi connectivity index (χ3v) is 2.51. The summed E-state index contributed by atoms with van der Waals surface area (Å²) in [4.78, 5) is 22.8. The monoisotopic (exact) mass is 279 g/mol. The normalized spacial score (nSPS) is 11.3. The van der Waals surface area contributed by atoms with Gasteiger partial charge in [-0.25, -0.2) is 0 Å². The highest BCUT2D eigenvalue weighted by Crippen LogP contribution is 2.25. The van der Waals surface area contributed by atoms with Crippen LogP contribution < -0.4 is 14.8 Å². The molecule has 1 amide bonds. The minimum atomic E-state index is -1.11. The van der Waals surface area contributed by atoms with Crippen LogP contribution in [0.1, 0.15) is 17.3 Å². The van der Waals surface area contributed by atoms with E-state index in [1.54, 1.807) is 18.2 Å². The summed E-state index contributed by atoms with van der Waals surface area (Å²) in [7, 11) is 1.50. The number of carboxylic acid groups (broad SMARTS) is 1. The quantitative estimate of drug-likeness (QED) is 0.738. The molecule has 2 N–H and O–H groups in total. The van der Waals surface area contributed by atoms with Gasteiger partial charge < -0.3 is 19.9 Å². The van der Waals surface area contributed by atoms with Crippen LogP contribution in [0.4, 0.5) is 0 Å². The number of carbonyl (C=O) groups is 2. The summed E-state index contributed by atoms with van der Waals surface area (Å²) in [5.74, 6) is -0.798. The van der Waals surface area contributed by atoms with Crippen molar-refractivity contribution in [2.75, 3.05) is 13.7 Å². The molecule has 108 valence electrons. The third kappa shape index (κ3) is 4.01. The minimum Gasteiger partial charge on any atom is -0.497 e. The van der Waals surface area contributed by atoms with Gasteiger partial charge in [-0.15, -0.1) is 0 Å². The van der Waals surface area contributed by atoms with Gasteiger partial charge in [0, 0.05) is 6.07 Å². The van der Waals surface area contributed by atoms with Gasteiger partial charge in [0.25, 0.3) is 5.91 Å². The minimum absolute atomic E-state index is 0.224. The Morgan fingerprint density at radius 1 is 1.50 bits per heavy atom. The molecule has 0 heterocycles. The van der Waals surface area contributed by atoms with E-state index in [-0.39, 0.29) is 12.2 Å². The second kappa shape index (κ2) is 7.18. The molecule has 0 radical (unpaired) electrons. The Morgan fingerprint density at radius 3 is 2.75 bits per heavy atom. The van der Waals surface area contributed by atoms with Crippen LogP contribution in [0.25, 0.3) is 0 Å². The number of aliphatic carboxylic acids is 1. The molecule has 0 saturated carbocycles. The van der Waals surface area contributed by atoms with Gasteiger partial charge in [0.1, 0.15) is 24.1 Å². The van der Waals surface area contributed by atoms with Crippen molar-refractivity contribution in [2.24, 2.45) is 0 Å². The van der Waals surface area contributed by atoms with E-state index in [4.69, 9.17) is 14.6 Å². The number of hydrogen-bond donors (Lipinski definition) is 2. The molecule has 6 nitrogen and oxygen atoms in total. The summed E-state index contributed by atoms with van der Waals surface area (Å²) >= 11 is 0. The Bertz CT molecular complexity index is 512. The zero-order valence-corrected chi connectivity index (χ0v) is 11.4. The van der Waals surface area contributed by atoms with E-state index in [0.717, 1.165) is 0 Å². The van der Waals surface area contributed by atoms with Crippen LogP contribution in [0, 0.1) is 0 Å². The molecule has 0 spiro atoms. The Kier molecular flexibility index (Phi) is 5.58. The number of methoxy groups -OCH3 is 1. The molecule has 1 aromatic rings. The van der Waals surface area contributed by atoms with Crippen molar-refractivity contribution < 1.29 is 24.2 Å². The summed E-state index contributed by atoms with van der Waals surface area (Å²) in [5, 5.41) is 11.2. The molecule has 0 unspecified atom stereocenters. The molecule has 0 aliphatic heterocycles. The fraction of sp³-hybridized carbons (Fsp3) is 0.286. The summed E-state index contributed by atoms with van der Waals surface area (Å²) in [6, 6.07) is 3.68. The smallest absolute Gasteiger partial charge is 0.325 e. The lowest BCUT2D eigenvalue weighted by Crippen LogP contribution is -2.38. The second-order valence-electron chi connectivity index (χ2n) is 4.00. The maximum atomic E-state index is 12.0. The maximum absolute atomic E-state index is 12.0. The van der Waals surface area contributed by atoms with Crippen LogP contribution >= 0.6 is 0 Å². The van der Waals surface area contributed by atoms with Gasteiger partial charge >= 0.3 is 5.97 Å². The van der Waals surface area contributed by atoms with Crippen LogP contribution in [0.5, 0.6) is 11.5 Å². The molecular weight excluding hydrogens is 262 g/mol. The van der Waals surface area contributed by atoms with Crippen LogP contribution in [-0.2, 0) is 4.79 Å². The van der Waals surface area contributed by atoms with E-state index >= 15 is 0 Å². The van der Waals surface area contributed by atoms with Gasteiger partial charge in [0.2, 0.25) is 0 Å². The number of amides is 1. The Morgan fingerprint density at radius 2 is 2.20 bits per heavy atom. The molecule has 6 heteroatoms. The molecule has 0 aromatic heterocycles. The molecule has 0 aliphatic rings. The largest absolute Gasteiger partial charge is 0.497 e. The number of rotatable bonds is 7. The average Bonchev–Trinajstić information content (AvgIpc) is 2.44. The van der Waals surface area contributed by atoms with Crippen molar-refractivity contribution >= 4 is 11.9 Å². The fourth-order valence-corrected chi connectivity index (χ4v) is 1.42. The number of benzene rings is 1. The topological polar surface area (TPSA) is 84.9 Å². The highest BCUT2D eigenvalue weighted by atomic mass is 16.5. The van der Waals surface area contributed by atoms with Crippen molar-refractivity contribution in [2.45, 2.75) is 13.0 Å². The van der Waals surface area contributed by atoms with Crippen LogP contribution in [0.3, 0.4) is 0 Å². The van der Waals surface area contributed by atoms with Gasteiger partial charge in [-0.1, -0.05) is 12.7 Å². The zero-order chi connectivity index (χ0) is 15.1. The average molecular weight is 279 g/mol. The Balaban J connectivity index is 2.99. The van der Waals surface area contributed by atoms with Crippen molar-refractivity contribution in [3.8, 4) is 11.5 Å². The Labute approximate surface area is 117 Å². The predicted octanol–water partition coefficient (Wildman–Crippen LogP) is 1.46. The first-order valence-corrected chi connectivity index (χ1v) is 5.95. The number of hydrogen-bond acceptors (Lipinski definition) is 4. The second-order valence-corrected chi connectivity index (χ2v) is 4.00. The first-order valence-electron chi connectivity index (χ1n) is 5.95. The van der Waals surface area contributed by atoms with E-state index in [1.165, 1.54) is 20.1 Å². The standard InChI is InChI=1S/C14H17NO5/c1-4-7-20-12-8-10(19-3)5-6-11(12)13(16)15-9(2)14(17)18/h4-6,8-9H,1,7H2,2-3H3,(H,15,16)(H,17,18)/t9-/m1/s1. The predicted molar refractivity (Wildman–Crippen MR) is 73.3 cm³/mol. The summed E-state index contributed by atoms with van der Waals surface area (Å²) < 4.78 is 10.4. The zero-order valence-electron chi connectivity index (χ0n) is 11.4. The SMILES string of the molecule is C=CCOc1cc(OC)ccc1C(=O)N[C@H](C)C(=O)O. The van der Waals surface area contributed by atoms with Crippen molar-refractivity contribution in [3.63, 3.8) is 0 Å². The van der Waals surface area contributed by atoms with Crippen molar-refractivity contribution in [1.29, 1.82) is 0 Å². The van der Waals surface area contributed by atoms with Crippen molar-refractivity contribution in [3.05, 3.63) is 36.4 Å². The van der Waals surface area contributed by atoms with Crippen LogP contribution in [-0.4, -0.2) is 36.7 Å². The van der Waals surface area contributed by atoms with E-state index in [1.807, 2.05) is 0 Å². The molecule has 0 saturated heterocycles. The molecular formula is C14H17NO5.